The summed E-state index contributed by atoms with van der Waals surface area (Å²) in [7, 11) is 1.84. The number of hydrogen-bond acceptors (Lipinski definition) is 4. The number of rotatable bonds is 7. The maximum atomic E-state index is 5.94. The third kappa shape index (κ3) is 6.51. The lowest BCUT2D eigenvalue weighted by molar-refractivity contribution is 0.0906. The van der Waals surface area contributed by atoms with Crippen molar-refractivity contribution < 1.29 is 4.74 Å². The van der Waals surface area contributed by atoms with E-state index in [2.05, 4.69) is 49.6 Å². The standard InChI is InChI=1S/C23H28N6O.HI/c1-24-23(26-13-19-7-9-22(10-8-19)29-18-25-17-27-29)28-12-11-21(14-28)16-30-15-20-5-3-2-4-6-20;/h2-10,17-18,21H,11-16H2,1H3,(H,24,26);1H. The minimum Gasteiger partial charge on any atom is -0.376 e. The van der Waals surface area contributed by atoms with Gasteiger partial charge in [-0.2, -0.15) is 5.10 Å². The van der Waals surface area contributed by atoms with E-state index in [0.29, 0.717) is 12.5 Å². The van der Waals surface area contributed by atoms with Crippen molar-refractivity contribution in [3.8, 4) is 5.69 Å². The van der Waals surface area contributed by atoms with Gasteiger partial charge in [-0.3, -0.25) is 4.99 Å². The number of benzene rings is 2. The van der Waals surface area contributed by atoms with Gasteiger partial charge in [-0.25, -0.2) is 9.67 Å². The minimum absolute atomic E-state index is 0. The molecule has 7 nitrogen and oxygen atoms in total. The molecule has 1 aliphatic heterocycles. The summed E-state index contributed by atoms with van der Waals surface area (Å²) in [5.41, 5.74) is 3.42. The first-order valence-corrected chi connectivity index (χ1v) is 10.3. The number of nitrogens with one attached hydrogen (secondary N) is 1. The fourth-order valence-electron chi connectivity index (χ4n) is 3.70. The Balaban J connectivity index is 0.00000272. The molecule has 164 valence electrons. The molecule has 1 fully saturated rings. The van der Waals surface area contributed by atoms with E-state index in [-0.39, 0.29) is 24.0 Å². The number of likely N-dealkylation sites (tertiary alicyclic amines) is 1. The smallest absolute Gasteiger partial charge is 0.193 e. The molecule has 1 atom stereocenters. The van der Waals surface area contributed by atoms with Crippen LogP contribution in [0.25, 0.3) is 5.69 Å². The molecule has 8 heteroatoms. The van der Waals surface area contributed by atoms with Gasteiger partial charge in [-0.1, -0.05) is 42.5 Å². The topological polar surface area (TPSA) is 67.6 Å². The van der Waals surface area contributed by atoms with Crippen LogP contribution < -0.4 is 5.32 Å². The molecule has 3 aromatic rings. The Labute approximate surface area is 200 Å². The largest absolute Gasteiger partial charge is 0.376 e. The van der Waals surface area contributed by atoms with E-state index in [1.807, 2.05) is 37.4 Å². The van der Waals surface area contributed by atoms with Crippen LogP contribution in [0.15, 0.2) is 72.2 Å². The molecule has 2 aromatic carbocycles. The zero-order valence-electron chi connectivity index (χ0n) is 17.7. The Morgan fingerprint density at radius 1 is 1.13 bits per heavy atom. The van der Waals surface area contributed by atoms with E-state index in [1.54, 1.807) is 11.0 Å². The maximum absolute atomic E-state index is 5.94. The fourth-order valence-corrected chi connectivity index (χ4v) is 3.70. The van der Waals surface area contributed by atoms with E-state index >= 15 is 0 Å². The molecule has 0 spiro atoms. The van der Waals surface area contributed by atoms with Crippen molar-refractivity contribution in [1.29, 1.82) is 0 Å². The van der Waals surface area contributed by atoms with Gasteiger partial charge in [0.1, 0.15) is 12.7 Å². The van der Waals surface area contributed by atoms with Gasteiger partial charge < -0.3 is 15.0 Å². The average molecular weight is 532 g/mol. The molecule has 1 aliphatic rings. The monoisotopic (exact) mass is 532 g/mol. The van der Waals surface area contributed by atoms with Crippen molar-refractivity contribution in [2.75, 3.05) is 26.7 Å². The molecule has 0 bridgehead atoms. The minimum atomic E-state index is 0. The van der Waals surface area contributed by atoms with Gasteiger partial charge in [0.2, 0.25) is 0 Å². The first-order chi connectivity index (χ1) is 14.8. The second kappa shape index (κ2) is 11.8. The van der Waals surface area contributed by atoms with Gasteiger partial charge in [0.05, 0.1) is 18.9 Å². The highest BCUT2D eigenvalue weighted by Crippen LogP contribution is 2.17. The summed E-state index contributed by atoms with van der Waals surface area (Å²) in [5, 5.41) is 7.64. The van der Waals surface area contributed by atoms with E-state index < -0.39 is 0 Å². The lowest BCUT2D eigenvalue weighted by Crippen LogP contribution is -2.39. The Morgan fingerprint density at radius 2 is 1.94 bits per heavy atom. The molecule has 31 heavy (non-hydrogen) atoms. The first kappa shape index (κ1) is 23.2. The molecule has 4 rings (SSSR count). The zero-order chi connectivity index (χ0) is 20.6. The van der Waals surface area contributed by atoms with Crippen LogP contribution in [0.1, 0.15) is 17.5 Å². The molecule has 1 aromatic heterocycles. The SMILES string of the molecule is CN=C(NCc1ccc(-n2cncn2)cc1)N1CCC(COCc2ccccc2)C1.I. The van der Waals surface area contributed by atoms with Gasteiger partial charge in [0, 0.05) is 32.6 Å². The molecule has 1 N–H and O–H groups in total. The lowest BCUT2D eigenvalue weighted by atomic mass is 10.1. The highest BCUT2D eigenvalue weighted by Gasteiger charge is 2.24. The Morgan fingerprint density at radius 3 is 2.65 bits per heavy atom. The summed E-state index contributed by atoms with van der Waals surface area (Å²) in [6.07, 6.45) is 4.36. The highest BCUT2D eigenvalue weighted by atomic mass is 127. The molecular weight excluding hydrogens is 503 g/mol. The summed E-state index contributed by atoms with van der Waals surface area (Å²) in [6, 6.07) is 18.6. The number of halogens is 1. The fraction of sp³-hybridized carbons (Fsp3) is 0.348. The van der Waals surface area contributed by atoms with Crippen LogP contribution in [0.3, 0.4) is 0 Å². The molecule has 0 aliphatic carbocycles. The highest BCUT2D eigenvalue weighted by molar-refractivity contribution is 14.0. The second-order valence-corrected chi connectivity index (χ2v) is 7.51. The number of guanidine groups is 1. The number of hydrogen-bond donors (Lipinski definition) is 1. The van der Waals surface area contributed by atoms with Crippen molar-refractivity contribution in [3.63, 3.8) is 0 Å². The summed E-state index contributed by atoms with van der Waals surface area (Å²) in [4.78, 5) is 10.8. The van der Waals surface area contributed by atoms with E-state index in [0.717, 1.165) is 44.3 Å². The Bertz CT molecular complexity index is 930. The van der Waals surface area contributed by atoms with Crippen LogP contribution >= 0.6 is 24.0 Å². The quantitative estimate of drug-likeness (QED) is 0.287. The molecule has 1 saturated heterocycles. The van der Waals surface area contributed by atoms with Crippen molar-refractivity contribution in [2.45, 2.75) is 19.6 Å². The van der Waals surface area contributed by atoms with Crippen LogP contribution in [0, 0.1) is 5.92 Å². The van der Waals surface area contributed by atoms with E-state index in [4.69, 9.17) is 4.74 Å². The number of ether oxygens (including phenoxy) is 1. The molecule has 0 saturated carbocycles. The zero-order valence-corrected chi connectivity index (χ0v) is 20.1. The molecule has 1 unspecified atom stereocenters. The number of aliphatic imine (C=N–C) groups is 1. The predicted octanol–water partition coefficient (Wildman–Crippen LogP) is 3.50. The van der Waals surface area contributed by atoms with Gasteiger partial charge >= 0.3 is 0 Å². The molecule has 2 heterocycles. The van der Waals surface area contributed by atoms with E-state index in [9.17, 15) is 0 Å². The number of aromatic nitrogens is 3. The van der Waals surface area contributed by atoms with Crippen molar-refractivity contribution in [1.82, 2.24) is 25.0 Å². The molecular formula is C23H29IN6O. The summed E-state index contributed by atoms with van der Waals surface area (Å²) < 4.78 is 7.69. The Hall–Kier alpha value is -2.46. The normalized spacial score (nSPS) is 16.2. The second-order valence-electron chi connectivity index (χ2n) is 7.51. The van der Waals surface area contributed by atoms with Crippen molar-refractivity contribution >= 4 is 29.9 Å². The third-order valence-electron chi connectivity index (χ3n) is 5.33. The van der Waals surface area contributed by atoms with Crippen LogP contribution in [0.2, 0.25) is 0 Å². The van der Waals surface area contributed by atoms with E-state index in [1.165, 1.54) is 17.5 Å². The molecule has 0 radical (unpaired) electrons. The van der Waals surface area contributed by atoms with Crippen LogP contribution in [-0.4, -0.2) is 52.4 Å². The average Bonchev–Trinajstić information content (AvgIpc) is 3.48. The summed E-state index contributed by atoms with van der Waals surface area (Å²) in [6.45, 7) is 4.17. The maximum Gasteiger partial charge on any atom is 0.193 e. The van der Waals surface area contributed by atoms with Gasteiger partial charge in [0.25, 0.3) is 0 Å². The third-order valence-corrected chi connectivity index (χ3v) is 5.33. The van der Waals surface area contributed by atoms with Crippen molar-refractivity contribution in [2.24, 2.45) is 10.9 Å². The number of nitrogens with zero attached hydrogens (tertiary/aromatic N) is 5. The lowest BCUT2D eigenvalue weighted by Gasteiger charge is -2.22. The first-order valence-electron chi connectivity index (χ1n) is 10.3. The Kier molecular flexibility index (Phi) is 8.84. The summed E-state index contributed by atoms with van der Waals surface area (Å²) in [5.74, 6) is 1.48. The van der Waals surface area contributed by atoms with Crippen LogP contribution in [-0.2, 0) is 17.9 Å². The van der Waals surface area contributed by atoms with Crippen molar-refractivity contribution in [3.05, 3.63) is 78.4 Å². The van der Waals surface area contributed by atoms with Crippen LogP contribution in [0.4, 0.5) is 0 Å². The van der Waals surface area contributed by atoms with Gasteiger partial charge in [-0.05, 0) is 29.7 Å². The predicted molar refractivity (Wildman–Crippen MR) is 133 cm³/mol. The van der Waals surface area contributed by atoms with Gasteiger partial charge in [0.15, 0.2) is 5.96 Å². The molecule has 0 amide bonds. The van der Waals surface area contributed by atoms with Crippen LogP contribution in [0.5, 0.6) is 0 Å². The summed E-state index contributed by atoms with van der Waals surface area (Å²) >= 11 is 0. The van der Waals surface area contributed by atoms with Gasteiger partial charge in [-0.15, -0.1) is 24.0 Å².